The number of aliphatic carboxylic acids is 1. The van der Waals surface area contributed by atoms with Gasteiger partial charge in [-0.3, -0.25) is 0 Å². The van der Waals surface area contributed by atoms with Crippen LogP contribution in [-0.4, -0.2) is 28.1 Å². The number of benzene rings is 1. The normalized spacial score (nSPS) is 25.8. The monoisotopic (exact) mass is 343 g/mol. The molecule has 5 heteroatoms. The number of carbonyl (C=O) groups is 1. The van der Waals surface area contributed by atoms with E-state index >= 15 is 0 Å². The summed E-state index contributed by atoms with van der Waals surface area (Å²) in [5.74, 6) is 0.836. The zero-order valence-electron chi connectivity index (χ0n) is 11.1. The largest absolute Gasteiger partial charge is 0.479 e. The number of nitrogens with one attached hydrogen (secondary N) is 1. The van der Waals surface area contributed by atoms with Crippen LogP contribution in [0.1, 0.15) is 20.3 Å². The number of hydrogen-bond acceptors (Lipinski definition) is 3. The van der Waals surface area contributed by atoms with E-state index in [0.29, 0.717) is 5.75 Å². The number of anilines is 1. The number of hydrogen-bond donors (Lipinski definition) is 2. The van der Waals surface area contributed by atoms with Crippen LogP contribution in [0.5, 0.6) is 0 Å². The van der Waals surface area contributed by atoms with Gasteiger partial charge in [0.2, 0.25) is 0 Å². The summed E-state index contributed by atoms with van der Waals surface area (Å²) in [6.45, 7) is 4.07. The summed E-state index contributed by atoms with van der Waals surface area (Å²) in [6.07, 6.45) is 0.896. The molecule has 1 fully saturated rings. The van der Waals surface area contributed by atoms with E-state index in [1.807, 2.05) is 38.1 Å². The fourth-order valence-electron chi connectivity index (χ4n) is 2.35. The van der Waals surface area contributed by atoms with Crippen molar-refractivity contribution in [3.05, 3.63) is 28.7 Å². The van der Waals surface area contributed by atoms with Crippen LogP contribution in [0.4, 0.5) is 5.69 Å². The molecule has 2 rings (SSSR count). The molecule has 0 saturated carbocycles. The van der Waals surface area contributed by atoms with Crippen molar-refractivity contribution in [3.63, 3.8) is 0 Å². The second kappa shape index (κ2) is 5.37. The molecule has 1 aromatic carbocycles. The van der Waals surface area contributed by atoms with Crippen LogP contribution in [0, 0.1) is 5.41 Å². The maximum Gasteiger partial charge on any atom is 0.330 e. The molecule has 1 atom stereocenters. The first-order valence-electron chi connectivity index (χ1n) is 6.22. The van der Waals surface area contributed by atoms with Crippen molar-refractivity contribution in [3.8, 4) is 0 Å². The molecule has 1 aromatic rings. The van der Waals surface area contributed by atoms with Crippen molar-refractivity contribution in [2.24, 2.45) is 5.41 Å². The quantitative estimate of drug-likeness (QED) is 0.875. The van der Waals surface area contributed by atoms with Gasteiger partial charge in [0.1, 0.15) is 5.54 Å². The van der Waals surface area contributed by atoms with Gasteiger partial charge in [0.15, 0.2) is 0 Å². The van der Waals surface area contributed by atoms with Gasteiger partial charge in [-0.1, -0.05) is 29.8 Å². The summed E-state index contributed by atoms with van der Waals surface area (Å²) < 4.78 is 0.986. The van der Waals surface area contributed by atoms with Gasteiger partial charge in [-0.05, 0) is 36.4 Å². The Labute approximate surface area is 126 Å². The molecule has 1 heterocycles. The molecule has 0 spiro atoms. The predicted octanol–water partition coefficient (Wildman–Crippen LogP) is 3.85. The first-order chi connectivity index (χ1) is 8.87. The molecule has 2 N–H and O–H groups in total. The van der Waals surface area contributed by atoms with Gasteiger partial charge in [-0.25, -0.2) is 4.79 Å². The van der Waals surface area contributed by atoms with Gasteiger partial charge in [0.25, 0.3) is 0 Å². The molecule has 1 saturated heterocycles. The second-order valence-corrected chi connectivity index (χ2v) is 7.55. The minimum atomic E-state index is -0.913. The van der Waals surface area contributed by atoms with Gasteiger partial charge >= 0.3 is 5.97 Å². The number of halogens is 1. The van der Waals surface area contributed by atoms with Crippen molar-refractivity contribution in [2.45, 2.75) is 25.8 Å². The smallest absolute Gasteiger partial charge is 0.330 e. The maximum absolute atomic E-state index is 11.9. The Balaban J connectivity index is 2.34. The minimum absolute atomic E-state index is 0.281. The van der Waals surface area contributed by atoms with Crippen molar-refractivity contribution >= 4 is 39.3 Å². The molecule has 104 valence electrons. The maximum atomic E-state index is 11.9. The van der Waals surface area contributed by atoms with Crippen LogP contribution >= 0.6 is 27.7 Å². The topological polar surface area (TPSA) is 49.3 Å². The first-order valence-corrected chi connectivity index (χ1v) is 8.17. The lowest BCUT2D eigenvalue weighted by atomic mass is 9.70. The highest BCUT2D eigenvalue weighted by Gasteiger charge is 2.53. The fourth-order valence-corrected chi connectivity index (χ4v) is 4.31. The Kier molecular flexibility index (Phi) is 4.16. The van der Waals surface area contributed by atoms with Crippen molar-refractivity contribution in [1.82, 2.24) is 0 Å². The molecule has 0 aromatic heterocycles. The molecule has 0 radical (unpaired) electrons. The zero-order chi connectivity index (χ0) is 14.1. The van der Waals surface area contributed by atoms with Crippen LogP contribution in [0.2, 0.25) is 0 Å². The minimum Gasteiger partial charge on any atom is -0.479 e. The summed E-state index contributed by atoms with van der Waals surface area (Å²) in [5, 5.41) is 13.0. The molecular formula is C14H18BrNO2S. The van der Waals surface area contributed by atoms with E-state index in [9.17, 15) is 9.90 Å². The van der Waals surface area contributed by atoms with E-state index in [-0.39, 0.29) is 5.41 Å². The first kappa shape index (κ1) is 14.7. The predicted molar refractivity (Wildman–Crippen MR) is 83.9 cm³/mol. The lowest BCUT2D eigenvalue weighted by Crippen LogP contribution is -2.61. The van der Waals surface area contributed by atoms with E-state index in [1.165, 1.54) is 0 Å². The van der Waals surface area contributed by atoms with Crippen LogP contribution in [0.25, 0.3) is 0 Å². The van der Waals surface area contributed by atoms with Gasteiger partial charge in [-0.15, -0.1) is 0 Å². The Morgan fingerprint density at radius 1 is 1.37 bits per heavy atom. The molecule has 1 aliphatic heterocycles. The van der Waals surface area contributed by atoms with E-state index in [1.54, 1.807) is 11.8 Å². The number of carboxylic acid groups (broad SMARTS) is 1. The second-order valence-electron chi connectivity index (χ2n) is 5.53. The average Bonchev–Trinajstić information content (AvgIpc) is 2.34. The molecule has 19 heavy (non-hydrogen) atoms. The molecule has 1 unspecified atom stereocenters. The summed E-state index contributed by atoms with van der Waals surface area (Å²) in [5.41, 5.74) is -0.345. The molecule has 0 bridgehead atoms. The van der Waals surface area contributed by atoms with E-state index in [0.717, 1.165) is 22.3 Å². The number of thioether (sulfide) groups is 1. The summed E-state index contributed by atoms with van der Waals surface area (Å²) >= 11 is 5.09. The van der Waals surface area contributed by atoms with Gasteiger partial charge in [-0.2, -0.15) is 11.8 Å². The third-order valence-corrected chi connectivity index (χ3v) is 5.57. The molecule has 0 amide bonds. The molecule has 3 nitrogen and oxygen atoms in total. The molecule has 0 aliphatic carbocycles. The zero-order valence-corrected chi connectivity index (χ0v) is 13.5. The van der Waals surface area contributed by atoms with Gasteiger partial charge in [0, 0.05) is 21.3 Å². The molecule has 1 aliphatic rings. The standard InChI is InChI=1S/C14H18BrNO2S/c1-13(2)7-8-19-9-14(13,12(17)18)16-11-5-3-10(15)4-6-11/h3-6,16H,7-9H2,1-2H3,(H,17,18). The van der Waals surface area contributed by atoms with E-state index in [2.05, 4.69) is 21.2 Å². The van der Waals surface area contributed by atoms with Crippen molar-refractivity contribution < 1.29 is 9.90 Å². The molecular weight excluding hydrogens is 326 g/mol. The van der Waals surface area contributed by atoms with Gasteiger partial charge < -0.3 is 10.4 Å². The SMILES string of the molecule is CC1(C)CCSCC1(Nc1ccc(Br)cc1)C(=O)O. The Morgan fingerprint density at radius 2 is 2.00 bits per heavy atom. The Morgan fingerprint density at radius 3 is 2.53 bits per heavy atom. The van der Waals surface area contributed by atoms with Gasteiger partial charge in [0.05, 0.1) is 0 Å². The highest BCUT2D eigenvalue weighted by Crippen LogP contribution is 2.44. The summed E-state index contributed by atoms with van der Waals surface area (Å²) in [7, 11) is 0. The van der Waals surface area contributed by atoms with E-state index in [4.69, 9.17) is 0 Å². The lowest BCUT2D eigenvalue weighted by molar-refractivity contribution is -0.145. The van der Waals surface area contributed by atoms with Crippen LogP contribution < -0.4 is 5.32 Å². The highest BCUT2D eigenvalue weighted by atomic mass is 79.9. The third kappa shape index (κ3) is 2.77. The van der Waals surface area contributed by atoms with Crippen molar-refractivity contribution in [1.29, 1.82) is 0 Å². The Bertz CT molecular complexity index is 475. The number of carboxylic acids is 1. The average molecular weight is 344 g/mol. The van der Waals surface area contributed by atoms with Crippen molar-refractivity contribution in [2.75, 3.05) is 16.8 Å². The van der Waals surface area contributed by atoms with Crippen LogP contribution in [0.3, 0.4) is 0 Å². The Hall–Kier alpha value is -0.680. The summed E-state index contributed by atoms with van der Waals surface area (Å²) in [4.78, 5) is 11.9. The van der Waals surface area contributed by atoms with Crippen LogP contribution in [-0.2, 0) is 4.79 Å². The fraction of sp³-hybridized carbons (Fsp3) is 0.500. The highest BCUT2D eigenvalue weighted by molar-refractivity contribution is 9.10. The summed E-state index contributed by atoms with van der Waals surface area (Å²) in [6, 6.07) is 7.65. The lowest BCUT2D eigenvalue weighted by Gasteiger charge is -2.47. The van der Waals surface area contributed by atoms with E-state index < -0.39 is 11.5 Å². The third-order valence-electron chi connectivity index (χ3n) is 3.91. The van der Waals surface area contributed by atoms with Crippen LogP contribution in [0.15, 0.2) is 28.7 Å². The number of rotatable bonds is 3.